The fourth-order valence-electron chi connectivity index (χ4n) is 1.10. The van der Waals surface area contributed by atoms with Gasteiger partial charge in [0.1, 0.15) is 6.29 Å². The van der Waals surface area contributed by atoms with Gasteiger partial charge in [-0.3, -0.25) is 9.36 Å². The molecule has 0 bridgehead atoms. The summed E-state index contributed by atoms with van der Waals surface area (Å²) in [5.41, 5.74) is -1.05. The van der Waals surface area contributed by atoms with E-state index in [-0.39, 0.29) is 12.8 Å². The summed E-state index contributed by atoms with van der Waals surface area (Å²) >= 11 is 0. The maximum Gasteiger partial charge on any atom is 0.344 e. The van der Waals surface area contributed by atoms with Gasteiger partial charge >= 0.3 is 13.6 Å². The lowest BCUT2D eigenvalue weighted by Crippen LogP contribution is -2.24. The monoisotopic (exact) mass is 238 g/mol. The van der Waals surface area contributed by atoms with E-state index in [4.69, 9.17) is 0 Å². The van der Waals surface area contributed by atoms with Gasteiger partial charge in [0, 0.05) is 20.6 Å². The molecule has 6 nitrogen and oxygen atoms in total. The van der Waals surface area contributed by atoms with Gasteiger partial charge in [0.25, 0.3) is 0 Å². The first-order valence-electron chi connectivity index (χ1n) is 4.28. The summed E-state index contributed by atoms with van der Waals surface area (Å²) in [6.45, 7) is 0. The van der Waals surface area contributed by atoms with Crippen molar-refractivity contribution >= 4 is 19.9 Å². The Hall–Kier alpha value is -0.710. The van der Waals surface area contributed by atoms with Crippen molar-refractivity contribution in [2.75, 3.05) is 21.3 Å². The van der Waals surface area contributed by atoms with Gasteiger partial charge in [-0.2, -0.15) is 0 Å². The van der Waals surface area contributed by atoms with Crippen LogP contribution < -0.4 is 0 Å². The summed E-state index contributed by atoms with van der Waals surface area (Å²) < 4.78 is 25.7. The standard InChI is InChI=1S/C8H15O6P/c1-12-8(10)7(5-4-6-9)15(11,13-2)14-3/h6-7H,4-5H2,1-3H3. The molecule has 1 atom stereocenters. The average Bonchev–Trinajstić information content (AvgIpc) is 2.28. The van der Waals surface area contributed by atoms with Crippen LogP contribution in [0, 0.1) is 0 Å². The summed E-state index contributed by atoms with van der Waals surface area (Å²) in [7, 11) is 0.00880. The number of carbonyl (C=O) groups is 2. The first kappa shape index (κ1) is 14.3. The second-order valence-electron chi connectivity index (χ2n) is 2.69. The van der Waals surface area contributed by atoms with E-state index in [9.17, 15) is 14.2 Å². The highest BCUT2D eigenvalue weighted by molar-refractivity contribution is 7.55. The van der Waals surface area contributed by atoms with E-state index < -0.39 is 19.2 Å². The molecule has 0 spiro atoms. The van der Waals surface area contributed by atoms with E-state index in [1.807, 2.05) is 0 Å². The molecule has 0 aromatic rings. The summed E-state index contributed by atoms with van der Waals surface area (Å²) in [6.07, 6.45) is 0.803. The molecule has 0 N–H and O–H groups in total. The molecule has 88 valence electrons. The third-order valence-corrected chi connectivity index (χ3v) is 4.17. The number of methoxy groups -OCH3 is 1. The van der Waals surface area contributed by atoms with Crippen LogP contribution in [0.1, 0.15) is 12.8 Å². The first-order chi connectivity index (χ1) is 7.05. The summed E-state index contributed by atoms with van der Waals surface area (Å²) in [6, 6.07) is 0. The van der Waals surface area contributed by atoms with Crippen LogP contribution in [0.4, 0.5) is 0 Å². The lowest BCUT2D eigenvalue weighted by atomic mass is 10.2. The molecule has 0 saturated heterocycles. The minimum Gasteiger partial charge on any atom is -0.468 e. The molecular formula is C8H15O6P. The van der Waals surface area contributed by atoms with Gasteiger partial charge in [-0.15, -0.1) is 0 Å². The zero-order valence-electron chi connectivity index (χ0n) is 8.97. The molecule has 0 rings (SSSR count). The van der Waals surface area contributed by atoms with Crippen LogP contribution in [0.5, 0.6) is 0 Å². The minimum atomic E-state index is -3.53. The maximum atomic E-state index is 11.9. The van der Waals surface area contributed by atoms with Crippen LogP contribution in [0.15, 0.2) is 0 Å². The molecule has 0 aliphatic rings. The summed E-state index contributed by atoms with van der Waals surface area (Å²) in [5, 5.41) is 0. The molecule has 7 heteroatoms. The first-order valence-corrected chi connectivity index (χ1v) is 5.89. The van der Waals surface area contributed by atoms with Crippen molar-refractivity contribution in [3.63, 3.8) is 0 Å². The van der Waals surface area contributed by atoms with Crippen LogP contribution in [0.25, 0.3) is 0 Å². The Labute approximate surface area is 88.4 Å². The zero-order chi connectivity index (χ0) is 11.9. The minimum absolute atomic E-state index is 0.0785. The number of carbonyl (C=O) groups excluding carboxylic acids is 2. The number of hydrogen-bond donors (Lipinski definition) is 0. The third kappa shape index (κ3) is 3.74. The van der Waals surface area contributed by atoms with E-state index in [1.54, 1.807) is 0 Å². The maximum absolute atomic E-state index is 11.9. The SMILES string of the molecule is COC(=O)C(CCC=O)P(=O)(OC)OC. The van der Waals surface area contributed by atoms with Crippen LogP contribution in [-0.4, -0.2) is 39.2 Å². The molecule has 0 heterocycles. The van der Waals surface area contributed by atoms with Gasteiger partial charge in [0.2, 0.25) is 0 Å². The van der Waals surface area contributed by atoms with E-state index in [1.165, 1.54) is 21.3 Å². The fourth-order valence-corrected chi connectivity index (χ4v) is 2.58. The topological polar surface area (TPSA) is 78.9 Å². The second-order valence-corrected chi connectivity index (χ2v) is 5.12. The molecule has 0 aromatic heterocycles. The number of esters is 1. The molecule has 15 heavy (non-hydrogen) atoms. The van der Waals surface area contributed by atoms with Gasteiger partial charge in [-0.25, -0.2) is 0 Å². The average molecular weight is 238 g/mol. The molecule has 0 aliphatic heterocycles. The lowest BCUT2D eigenvalue weighted by Gasteiger charge is -2.21. The Morgan fingerprint density at radius 1 is 1.33 bits per heavy atom. The molecule has 0 saturated carbocycles. The van der Waals surface area contributed by atoms with E-state index >= 15 is 0 Å². The lowest BCUT2D eigenvalue weighted by molar-refractivity contribution is -0.140. The van der Waals surface area contributed by atoms with Crippen molar-refractivity contribution in [2.24, 2.45) is 0 Å². The summed E-state index contributed by atoms with van der Waals surface area (Å²) in [5.74, 6) is -0.705. The molecule has 0 radical (unpaired) electrons. The highest BCUT2D eigenvalue weighted by atomic mass is 31.2. The Bertz CT molecular complexity index is 256. The van der Waals surface area contributed by atoms with Crippen molar-refractivity contribution in [1.29, 1.82) is 0 Å². The van der Waals surface area contributed by atoms with E-state index in [0.717, 1.165) is 0 Å². The Kier molecular flexibility index (Phi) is 6.40. The Morgan fingerprint density at radius 2 is 1.87 bits per heavy atom. The van der Waals surface area contributed by atoms with Crippen LogP contribution in [0.3, 0.4) is 0 Å². The quantitative estimate of drug-likeness (QED) is 0.374. The molecule has 0 aromatic carbocycles. The number of aldehydes is 1. The van der Waals surface area contributed by atoms with Crippen LogP contribution >= 0.6 is 7.60 Å². The van der Waals surface area contributed by atoms with Gasteiger partial charge < -0.3 is 18.6 Å². The molecule has 0 fully saturated rings. The highest BCUT2D eigenvalue weighted by Gasteiger charge is 2.40. The van der Waals surface area contributed by atoms with Crippen molar-refractivity contribution in [1.82, 2.24) is 0 Å². The van der Waals surface area contributed by atoms with Crippen LogP contribution in [0.2, 0.25) is 0 Å². The fraction of sp³-hybridized carbons (Fsp3) is 0.750. The molecule has 0 aliphatic carbocycles. The second kappa shape index (κ2) is 6.71. The predicted octanol–water partition coefficient (Wildman–Crippen LogP) is 0.993. The van der Waals surface area contributed by atoms with E-state index in [0.29, 0.717) is 6.29 Å². The van der Waals surface area contributed by atoms with Crippen molar-refractivity contribution in [3.05, 3.63) is 0 Å². The van der Waals surface area contributed by atoms with Crippen molar-refractivity contribution < 1.29 is 27.9 Å². The predicted molar refractivity (Wildman–Crippen MR) is 52.7 cm³/mol. The largest absolute Gasteiger partial charge is 0.468 e. The normalized spacial score (nSPS) is 13.3. The van der Waals surface area contributed by atoms with Crippen molar-refractivity contribution in [2.45, 2.75) is 18.5 Å². The Balaban J connectivity index is 4.81. The molecule has 1 unspecified atom stereocenters. The smallest absolute Gasteiger partial charge is 0.344 e. The van der Waals surface area contributed by atoms with Gasteiger partial charge in [0.05, 0.1) is 7.11 Å². The molecular weight excluding hydrogens is 223 g/mol. The third-order valence-electron chi connectivity index (χ3n) is 1.92. The molecule has 0 amide bonds. The number of ether oxygens (including phenoxy) is 1. The van der Waals surface area contributed by atoms with Gasteiger partial charge in [-0.1, -0.05) is 0 Å². The van der Waals surface area contributed by atoms with Gasteiger partial charge in [-0.05, 0) is 6.42 Å². The Morgan fingerprint density at radius 3 is 2.20 bits per heavy atom. The zero-order valence-corrected chi connectivity index (χ0v) is 9.86. The van der Waals surface area contributed by atoms with Crippen LogP contribution in [-0.2, 0) is 27.9 Å². The van der Waals surface area contributed by atoms with Crippen molar-refractivity contribution in [3.8, 4) is 0 Å². The van der Waals surface area contributed by atoms with E-state index in [2.05, 4.69) is 13.8 Å². The highest BCUT2D eigenvalue weighted by Crippen LogP contribution is 2.53. The number of hydrogen-bond acceptors (Lipinski definition) is 6. The van der Waals surface area contributed by atoms with Gasteiger partial charge in [0.15, 0.2) is 5.66 Å². The summed E-state index contributed by atoms with van der Waals surface area (Å²) in [4.78, 5) is 21.5. The number of rotatable bonds is 7.